The van der Waals surface area contributed by atoms with Crippen LogP contribution in [0.15, 0.2) is 40.7 Å². The average molecular weight is 455 g/mol. The lowest BCUT2D eigenvalue weighted by Gasteiger charge is -2.31. The second kappa shape index (κ2) is 10.4. The van der Waals surface area contributed by atoms with Gasteiger partial charge in [-0.15, -0.1) is 36.2 Å². The second-order valence-corrected chi connectivity index (χ2v) is 8.35. The Morgan fingerprint density at radius 3 is 2.79 bits per heavy atom. The van der Waals surface area contributed by atoms with Crippen molar-refractivity contribution < 1.29 is 4.79 Å². The van der Waals surface area contributed by atoms with Gasteiger partial charge in [0.15, 0.2) is 0 Å². The van der Waals surface area contributed by atoms with Crippen LogP contribution >= 0.6 is 36.2 Å². The van der Waals surface area contributed by atoms with Crippen LogP contribution in [0.5, 0.6) is 0 Å². The van der Waals surface area contributed by atoms with Crippen LogP contribution in [0.2, 0.25) is 0 Å². The summed E-state index contributed by atoms with van der Waals surface area (Å²) in [5.41, 5.74) is 9.20. The summed E-state index contributed by atoms with van der Waals surface area (Å²) in [5, 5.41) is 2.00. The van der Waals surface area contributed by atoms with Crippen molar-refractivity contribution in [3.63, 3.8) is 0 Å². The summed E-state index contributed by atoms with van der Waals surface area (Å²) in [7, 11) is 2.19. The third-order valence-electron chi connectivity index (χ3n) is 5.64. The highest BCUT2D eigenvalue weighted by Crippen LogP contribution is 2.32. The lowest BCUT2D eigenvalue weighted by Crippen LogP contribution is -2.38. The summed E-state index contributed by atoms with van der Waals surface area (Å²) in [6.45, 7) is 1.96. The Balaban J connectivity index is 0.00000150. The summed E-state index contributed by atoms with van der Waals surface area (Å²) in [5.74, 6) is 0.774. The molecule has 158 valence electrons. The van der Waals surface area contributed by atoms with Gasteiger partial charge in [-0.05, 0) is 74.5 Å². The number of fused-ring (bicyclic) bond motifs is 1. The molecule has 29 heavy (non-hydrogen) atoms. The molecule has 8 heteroatoms. The van der Waals surface area contributed by atoms with Crippen molar-refractivity contribution in [2.24, 2.45) is 10.7 Å². The van der Waals surface area contributed by atoms with Crippen molar-refractivity contribution in [3.8, 4) is 0 Å². The Labute approximate surface area is 188 Å². The molecule has 4 rings (SSSR count). The quantitative estimate of drug-likeness (QED) is 0.537. The molecule has 1 aromatic heterocycles. The van der Waals surface area contributed by atoms with E-state index in [9.17, 15) is 4.79 Å². The minimum absolute atomic E-state index is 0. The maximum atomic E-state index is 12.5. The van der Waals surface area contributed by atoms with Gasteiger partial charge in [-0.1, -0.05) is 6.07 Å². The Morgan fingerprint density at radius 1 is 1.28 bits per heavy atom. The molecule has 0 aliphatic carbocycles. The van der Waals surface area contributed by atoms with Crippen LogP contribution in [0.1, 0.15) is 36.1 Å². The maximum Gasteiger partial charge on any atom is 0.227 e. The van der Waals surface area contributed by atoms with E-state index >= 15 is 0 Å². The Kier molecular flexibility index (Phi) is 8.52. The molecule has 0 saturated carbocycles. The molecule has 2 aliphatic heterocycles. The van der Waals surface area contributed by atoms with Crippen molar-refractivity contribution in [2.45, 2.75) is 38.1 Å². The number of nitrogens with two attached hydrogens (primary N) is 1. The molecule has 1 fully saturated rings. The monoisotopic (exact) mass is 454 g/mol. The Bertz CT molecular complexity index is 856. The molecule has 1 aromatic carbocycles. The minimum atomic E-state index is 0. The zero-order valence-corrected chi connectivity index (χ0v) is 19.0. The van der Waals surface area contributed by atoms with Gasteiger partial charge < -0.3 is 15.5 Å². The molecule has 3 heterocycles. The van der Waals surface area contributed by atoms with E-state index in [1.807, 2.05) is 34.5 Å². The number of likely N-dealkylation sites (tertiary alicyclic amines) is 1. The van der Waals surface area contributed by atoms with E-state index in [2.05, 4.69) is 23.0 Å². The van der Waals surface area contributed by atoms with Crippen LogP contribution in [0, 0.1) is 0 Å². The fraction of sp³-hybridized carbons (Fsp3) is 0.429. The van der Waals surface area contributed by atoms with Gasteiger partial charge in [0.1, 0.15) is 5.84 Å². The molecule has 0 unspecified atom stereocenters. The molecule has 2 aliphatic rings. The van der Waals surface area contributed by atoms with E-state index in [-0.39, 0.29) is 30.7 Å². The summed E-state index contributed by atoms with van der Waals surface area (Å²) < 4.78 is 0. The summed E-state index contributed by atoms with van der Waals surface area (Å²) >= 11 is 1.59. The van der Waals surface area contributed by atoms with E-state index < -0.39 is 0 Å². The first-order chi connectivity index (χ1) is 13.1. The van der Waals surface area contributed by atoms with Gasteiger partial charge in [0.05, 0.1) is 10.6 Å². The van der Waals surface area contributed by atoms with Gasteiger partial charge in [-0.2, -0.15) is 0 Å². The summed E-state index contributed by atoms with van der Waals surface area (Å²) in [6.07, 6.45) is 4.88. The summed E-state index contributed by atoms with van der Waals surface area (Å²) in [4.78, 5) is 22.5. The van der Waals surface area contributed by atoms with Crippen LogP contribution in [0.4, 0.5) is 11.4 Å². The molecule has 0 radical (unpaired) electrons. The van der Waals surface area contributed by atoms with Crippen molar-refractivity contribution in [3.05, 3.63) is 46.2 Å². The van der Waals surface area contributed by atoms with Crippen LogP contribution in [0.25, 0.3) is 0 Å². The third kappa shape index (κ3) is 5.31. The van der Waals surface area contributed by atoms with E-state index in [0.717, 1.165) is 35.6 Å². The number of aryl methyl sites for hydroxylation is 1. The first-order valence-corrected chi connectivity index (χ1v) is 10.5. The number of carbonyl (C=O) groups is 1. The first kappa shape index (κ1) is 23.7. The number of amides is 1. The van der Waals surface area contributed by atoms with Crippen molar-refractivity contribution in [1.82, 2.24) is 4.90 Å². The topological polar surface area (TPSA) is 61.9 Å². The molecule has 2 N–H and O–H groups in total. The lowest BCUT2D eigenvalue weighted by molar-refractivity contribution is -0.118. The van der Waals surface area contributed by atoms with Gasteiger partial charge in [0.25, 0.3) is 0 Å². The first-order valence-electron chi connectivity index (χ1n) is 9.63. The smallest absolute Gasteiger partial charge is 0.227 e. The van der Waals surface area contributed by atoms with Gasteiger partial charge in [-0.3, -0.25) is 4.79 Å². The van der Waals surface area contributed by atoms with Gasteiger partial charge in [0.2, 0.25) is 5.91 Å². The number of benzene rings is 1. The van der Waals surface area contributed by atoms with Crippen LogP contribution in [-0.4, -0.2) is 42.8 Å². The molecule has 0 bridgehead atoms. The van der Waals surface area contributed by atoms with Crippen LogP contribution in [0.3, 0.4) is 0 Å². The van der Waals surface area contributed by atoms with Crippen molar-refractivity contribution in [1.29, 1.82) is 0 Å². The molecular formula is C21H28Cl2N4OS. The number of nitrogens with zero attached hydrogens (tertiary/aromatic N) is 3. The van der Waals surface area contributed by atoms with Crippen LogP contribution in [-0.2, 0) is 11.2 Å². The molecule has 1 atom stereocenters. The number of rotatable bonds is 5. The van der Waals surface area contributed by atoms with Crippen molar-refractivity contribution >= 4 is 59.3 Å². The molecule has 1 saturated heterocycles. The number of hydrogen-bond acceptors (Lipinski definition) is 4. The number of halogens is 2. The largest absolute Gasteiger partial charge is 0.383 e. The maximum absolute atomic E-state index is 12.5. The highest BCUT2D eigenvalue weighted by molar-refractivity contribution is 7.12. The van der Waals surface area contributed by atoms with E-state index in [1.54, 1.807) is 11.3 Å². The second-order valence-electron chi connectivity index (χ2n) is 7.40. The zero-order valence-electron chi connectivity index (χ0n) is 16.5. The molecule has 2 aromatic rings. The highest BCUT2D eigenvalue weighted by Gasteiger charge is 2.27. The summed E-state index contributed by atoms with van der Waals surface area (Å²) in [6, 6.07) is 10.6. The van der Waals surface area contributed by atoms with Crippen molar-refractivity contribution in [2.75, 3.05) is 25.0 Å². The van der Waals surface area contributed by atoms with Crippen LogP contribution < -0.4 is 10.6 Å². The normalized spacial score (nSPS) is 19.5. The molecule has 5 nitrogen and oxygen atoms in total. The number of aliphatic imine (C=N–C) groups is 1. The number of anilines is 1. The lowest BCUT2D eigenvalue weighted by atomic mass is 9.99. The van der Waals surface area contributed by atoms with E-state index in [1.165, 1.54) is 24.9 Å². The average Bonchev–Trinajstić information content (AvgIpc) is 3.33. The standard InChI is InChI=1S/C21H26N4OS.2ClH/c1-24-11-2-4-17(24)10-12-25-18-8-7-16(14-15(18)6-9-20(25)26)23-21(22)19-5-3-13-27-19;;/h3,5,7-8,13-14,17H,2,4,6,9-12H2,1H3,(H2,22,23);2*1H/t17-;;/m0../s1. The molecule has 0 spiro atoms. The fourth-order valence-electron chi connectivity index (χ4n) is 4.10. The SMILES string of the molecule is CN1CCC[C@H]1CCN1C(=O)CCc2cc(N=C(N)c3cccs3)ccc21.Cl.Cl. The van der Waals surface area contributed by atoms with E-state index in [0.29, 0.717) is 18.3 Å². The van der Waals surface area contributed by atoms with E-state index in [4.69, 9.17) is 5.73 Å². The Morgan fingerprint density at radius 2 is 2.10 bits per heavy atom. The number of carbonyl (C=O) groups excluding carboxylic acids is 1. The minimum Gasteiger partial charge on any atom is -0.383 e. The number of thiophene rings is 1. The highest BCUT2D eigenvalue weighted by atomic mass is 35.5. The predicted molar refractivity (Wildman–Crippen MR) is 127 cm³/mol. The van der Waals surface area contributed by atoms with Gasteiger partial charge in [0, 0.05) is 24.7 Å². The zero-order chi connectivity index (χ0) is 18.8. The van der Waals surface area contributed by atoms with Gasteiger partial charge in [-0.25, -0.2) is 4.99 Å². The number of amidine groups is 1. The third-order valence-corrected chi connectivity index (χ3v) is 6.54. The van der Waals surface area contributed by atoms with Gasteiger partial charge >= 0.3 is 0 Å². The number of hydrogen-bond donors (Lipinski definition) is 1. The molecule has 1 amide bonds. The predicted octanol–water partition coefficient (Wildman–Crippen LogP) is 4.39. The fourth-order valence-corrected chi connectivity index (χ4v) is 4.73. The Hall–Kier alpha value is -1.60. The molecular weight excluding hydrogens is 427 g/mol.